The van der Waals surface area contributed by atoms with Crippen molar-refractivity contribution in [2.75, 3.05) is 0 Å². The van der Waals surface area contributed by atoms with E-state index in [-0.39, 0.29) is 47.7 Å². The van der Waals surface area contributed by atoms with Gasteiger partial charge in [-0.25, -0.2) is 4.79 Å². The monoisotopic (exact) mass is 382 g/mol. The summed E-state index contributed by atoms with van der Waals surface area (Å²) in [6, 6.07) is 8.87. The van der Waals surface area contributed by atoms with Gasteiger partial charge in [0.05, 0.1) is 12.0 Å². The van der Waals surface area contributed by atoms with Gasteiger partial charge in [0.25, 0.3) is 0 Å². The smallest absolute Gasteiger partial charge is 0.338 e. The molecule has 3 aliphatic rings. The van der Waals surface area contributed by atoms with Crippen LogP contribution in [0, 0.1) is 17.8 Å². The van der Waals surface area contributed by atoms with Crippen molar-refractivity contribution in [2.45, 2.75) is 57.2 Å². The number of esters is 2. The van der Waals surface area contributed by atoms with Crippen LogP contribution in [-0.2, 0) is 19.1 Å². The molecular weight excluding hydrogens is 356 g/mol. The van der Waals surface area contributed by atoms with E-state index in [1.54, 1.807) is 30.3 Å². The highest BCUT2D eigenvalue weighted by atomic mass is 16.6. The lowest BCUT2D eigenvalue weighted by atomic mass is 9.85. The Bertz CT molecular complexity index is 762. The maximum absolute atomic E-state index is 12.6. The average Bonchev–Trinajstić information content (AvgIpc) is 3.23. The fourth-order valence-corrected chi connectivity index (χ4v) is 4.80. The number of hydrogen-bond acceptors (Lipinski definition) is 5. The fraction of sp³-hybridized carbons (Fsp3) is 0.522. The van der Waals surface area contributed by atoms with Gasteiger partial charge in [-0.1, -0.05) is 43.5 Å². The zero-order valence-corrected chi connectivity index (χ0v) is 15.9. The molecule has 1 heterocycles. The summed E-state index contributed by atoms with van der Waals surface area (Å²) >= 11 is 0. The SMILES string of the molecule is O=C1CC2C(/C=C/C(=O)C3CCCCC3)C(OC(=O)c3ccccc3)C[C@@H]2O1. The molecule has 4 atom stereocenters. The molecule has 2 aliphatic carbocycles. The van der Waals surface area contributed by atoms with Crippen LogP contribution >= 0.6 is 0 Å². The van der Waals surface area contributed by atoms with E-state index in [4.69, 9.17) is 9.47 Å². The van der Waals surface area contributed by atoms with Crippen LogP contribution in [0.5, 0.6) is 0 Å². The Hall–Kier alpha value is -2.43. The zero-order valence-electron chi connectivity index (χ0n) is 15.9. The van der Waals surface area contributed by atoms with Gasteiger partial charge in [0.2, 0.25) is 0 Å². The molecule has 4 rings (SSSR count). The van der Waals surface area contributed by atoms with Gasteiger partial charge in [0, 0.05) is 24.2 Å². The first-order valence-corrected chi connectivity index (χ1v) is 10.3. The Morgan fingerprint density at radius 1 is 1.07 bits per heavy atom. The Labute approximate surface area is 165 Å². The van der Waals surface area contributed by atoms with Crippen LogP contribution in [0.3, 0.4) is 0 Å². The summed E-state index contributed by atoms with van der Waals surface area (Å²) < 4.78 is 11.2. The number of ketones is 1. The predicted octanol–water partition coefficient (Wildman–Crippen LogP) is 3.87. The van der Waals surface area contributed by atoms with E-state index >= 15 is 0 Å². The van der Waals surface area contributed by atoms with E-state index in [2.05, 4.69) is 0 Å². The molecule has 3 unspecified atom stereocenters. The minimum Gasteiger partial charge on any atom is -0.462 e. The van der Waals surface area contributed by atoms with Gasteiger partial charge in [-0.15, -0.1) is 0 Å². The summed E-state index contributed by atoms with van der Waals surface area (Å²) in [4.78, 5) is 36.8. The molecular formula is C23H26O5. The van der Waals surface area contributed by atoms with E-state index in [1.807, 2.05) is 12.1 Å². The van der Waals surface area contributed by atoms with E-state index in [9.17, 15) is 14.4 Å². The number of benzene rings is 1. The summed E-state index contributed by atoms with van der Waals surface area (Å²) in [5, 5.41) is 0. The highest BCUT2D eigenvalue weighted by Crippen LogP contribution is 2.43. The number of fused-ring (bicyclic) bond motifs is 1. The number of ether oxygens (including phenoxy) is 2. The molecule has 5 nitrogen and oxygen atoms in total. The number of rotatable bonds is 5. The van der Waals surface area contributed by atoms with E-state index in [0.717, 1.165) is 25.7 Å². The Balaban J connectivity index is 1.47. The highest BCUT2D eigenvalue weighted by molar-refractivity contribution is 5.92. The lowest BCUT2D eigenvalue weighted by Crippen LogP contribution is -2.25. The van der Waals surface area contributed by atoms with E-state index in [0.29, 0.717) is 18.4 Å². The van der Waals surface area contributed by atoms with Gasteiger partial charge >= 0.3 is 11.9 Å². The highest BCUT2D eigenvalue weighted by Gasteiger charge is 2.50. The normalized spacial score (nSPS) is 30.2. The van der Waals surface area contributed by atoms with Gasteiger partial charge in [0.15, 0.2) is 5.78 Å². The first-order chi connectivity index (χ1) is 13.6. The molecule has 0 amide bonds. The largest absolute Gasteiger partial charge is 0.462 e. The fourth-order valence-electron chi connectivity index (χ4n) is 4.80. The maximum Gasteiger partial charge on any atom is 0.338 e. The van der Waals surface area contributed by atoms with Crippen molar-refractivity contribution in [3.8, 4) is 0 Å². The van der Waals surface area contributed by atoms with E-state index < -0.39 is 0 Å². The summed E-state index contributed by atoms with van der Waals surface area (Å²) in [7, 11) is 0. The Kier molecular flexibility index (Phi) is 5.60. The lowest BCUT2D eigenvalue weighted by Gasteiger charge is -2.21. The van der Waals surface area contributed by atoms with Crippen molar-refractivity contribution in [3.63, 3.8) is 0 Å². The predicted molar refractivity (Wildman–Crippen MR) is 102 cm³/mol. The Morgan fingerprint density at radius 2 is 1.82 bits per heavy atom. The molecule has 0 radical (unpaired) electrons. The van der Waals surface area contributed by atoms with Gasteiger partial charge in [-0.2, -0.15) is 0 Å². The maximum atomic E-state index is 12.6. The third kappa shape index (κ3) is 4.03. The molecule has 0 aromatic heterocycles. The van der Waals surface area contributed by atoms with Crippen molar-refractivity contribution in [1.29, 1.82) is 0 Å². The third-order valence-corrected chi connectivity index (χ3v) is 6.31. The molecule has 0 N–H and O–H groups in total. The second-order valence-corrected chi connectivity index (χ2v) is 8.12. The van der Waals surface area contributed by atoms with Gasteiger partial charge < -0.3 is 9.47 Å². The minimum atomic E-state index is -0.383. The summed E-state index contributed by atoms with van der Waals surface area (Å²) in [5.41, 5.74) is 0.498. The van der Waals surface area contributed by atoms with Crippen molar-refractivity contribution in [1.82, 2.24) is 0 Å². The number of carbonyl (C=O) groups is 3. The van der Waals surface area contributed by atoms with Crippen LogP contribution in [0.25, 0.3) is 0 Å². The van der Waals surface area contributed by atoms with Crippen molar-refractivity contribution >= 4 is 17.7 Å². The molecule has 5 heteroatoms. The summed E-state index contributed by atoms with van der Waals surface area (Å²) in [5.74, 6) is -0.530. The van der Waals surface area contributed by atoms with Crippen LogP contribution < -0.4 is 0 Å². The molecule has 1 saturated heterocycles. The second-order valence-electron chi connectivity index (χ2n) is 8.12. The minimum absolute atomic E-state index is 0.0310. The van der Waals surface area contributed by atoms with Crippen LogP contribution in [0.2, 0.25) is 0 Å². The van der Waals surface area contributed by atoms with Crippen LogP contribution in [0.1, 0.15) is 55.3 Å². The van der Waals surface area contributed by atoms with Gasteiger partial charge in [0.1, 0.15) is 12.2 Å². The molecule has 0 spiro atoms. The molecule has 0 bridgehead atoms. The average molecular weight is 382 g/mol. The first-order valence-electron chi connectivity index (χ1n) is 10.3. The zero-order chi connectivity index (χ0) is 19.5. The summed E-state index contributed by atoms with van der Waals surface area (Å²) in [6.07, 6.45) is 9.04. The quantitative estimate of drug-likeness (QED) is 0.571. The van der Waals surface area contributed by atoms with Crippen molar-refractivity contribution < 1.29 is 23.9 Å². The summed E-state index contributed by atoms with van der Waals surface area (Å²) in [6.45, 7) is 0. The van der Waals surface area contributed by atoms with Crippen LogP contribution in [0.4, 0.5) is 0 Å². The van der Waals surface area contributed by atoms with Crippen molar-refractivity contribution in [2.24, 2.45) is 17.8 Å². The molecule has 1 aromatic rings. The number of hydrogen-bond donors (Lipinski definition) is 0. The molecule has 1 aliphatic heterocycles. The second kappa shape index (κ2) is 8.29. The van der Waals surface area contributed by atoms with Crippen LogP contribution in [-0.4, -0.2) is 29.9 Å². The van der Waals surface area contributed by atoms with E-state index in [1.165, 1.54) is 6.42 Å². The molecule has 3 fully saturated rings. The van der Waals surface area contributed by atoms with Crippen molar-refractivity contribution in [3.05, 3.63) is 48.0 Å². The Morgan fingerprint density at radius 3 is 2.57 bits per heavy atom. The number of carbonyl (C=O) groups excluding carboxylic acids is 3. The molecule has 2 saturated carbocycles. The molecule has 148 valence electrons. The lowest BCUT2D eigenvalue weighted by molar-refractivity contribution is -0.141. The van der Waals surface area contributed by atoms with Gasteiger partial charge in [-0.3, -0.25) is 9.59 Å². The first kappa shape index (κ1) is 18.9. The molecule has 28 heavy (non-hydrogen) atoms. The van der Waals surface area contributed by atoms with Gasteiger partial charge in [-0.05, 0) is 31.1 Å². The standard InChI is InChI=1S/C23H26O5/c24-19(15-7-3-1-4-8-15)12-11-17-18-13-22(25)27-21(18)14-20(17)28-23(26)16-9-5-2-6-10-16/h2,5-6,9-12,15,17-18,20-21H,1,3-4,7-8,13-14H2/b12-11+/t17?,18?,20?,21-/m0/s1. The molecule has 1 aromatic carbocycles. The van der Waals surface area contributed by atoms with Crippen LogP contribution in [0.15, 0.2) is 42.5 Å². The topological polar surface area (TPSA) is 69.7 Å². The number of allylic oxidation sites excluding steroid dienone is 1. The third-order valence-electron chi connectivity index (χ3n) is 6.31.